The number of benzene rings is 1. The molecule has 0 saturated heterocycles. The molecule has 0 fully saturated rings. The van der Waals surface area contributed by atoms with Crippen molar-refractivity contribution >= 4 is 33.3 Å². The summed E-state index contributed by atoms with van der Waals surface area (Å²) in [6.45, 7) is 5.06. The van der Waals surface area contributed by atoms with Crippen LogP contribution in [-0.4, -0.2) is 27.9 Å². The zero-order valence-electron chi connectivity index (χ0n) is 11.7. The van der Waals surface area contributed by atoms with Gasteiger partial charge in [0.2, 0.25) is 5.91 Å². The molecule has 1 N–H and O–H groups in total. The number of carbonyl (C=O) groups excluding carboxylic acids is 1. The molecule has 1 heterocycles. The molecule has 0 bridgehead atoms. The average molecular weight is 291 g/mol. The van der Waals surface area contributed by atoms with Crippen molar-refractivity contribution in [3.63, 3.8) is 0 Å². The highest BCUT2D eigenvalue weighted by Gasteiger charge is 2.33. The Morgan fingerprint density at radius 3 is 2.45 bits per heavy atom. The van der Waals surface area contributed by atoms with E-state index in [0.717, 1.165) is 10.1 Å². The van der Waals surface area contributed by atoms with Gasteiger partial charge in [0.25, 0.3) is 0 Å². The van der Waals surface area contributed by atoms with Gasteiger partial charge in [-0.15, -0.1) is 11.3 Å². The Morgan fingerprint density at radius 1 is 1.25 bits per heavy atom. The van der Waals surface area contributed by atoms with Crippen LogP contribution in [0.2, 0.25) is 0 Å². The number of thiophene rings is 1. The predicted molar refractivity (Wildman–Crippen MR) is 79.9 cm³/mol. The van der Waals surface area contributed by atoms with Crippen LogP contribution in [0.5, 0.6) is 0 Å². The van der Waals surface area contributed by atoms with Gasteiger partial charge in [0, 0.05) is 23.2 Å². The lowest BCUT2D eigenvalue weighted by molar-refractivity contribution is -0.151. The van der Waals surface area contributed by atoms with Crippen molar-refractivity contribution in [3.05, 3.63) is 35.2 Å². The van der Waals surface area contributed by atoms with Gasteiger partial charge in [0.05, 0.1) is 0 Å². The number of aliphatic carboxylic acids is 1. The maximum absolute atomic E-state index is 11.8. The molecule has 0 radical (unpaired) electrons. The summed E-state index contributed by atoms with van der Waals surface area (Å²) in [7, 11) is 0. The molecule has 1 aromatic carbocycles. The average Bonchev–Trinajstić information content (AvgIpc) is 2.78. The van der Waals surface area contributed by atoms with Crippen molar-refractivity contribution in [2.24, 2.45) is 0 Å². The maximum atomic E-state index is 11.8. The fourth-order valence-electron chi connectivity index (χ4n) is 2.46. The van der Waals surface area contributed by atoms with Gasteiger partial charge in [-0.1, -0.05) is 18.2 Å². The van der Waals surface area contributed by atoms with Crippen LogP contribution < -0.4 is 0 Å². The van der Waals surface area contributed by atoms with Gasteiger partial charge < -0.3 is 10.0 Å². The highest BCUT2D eigenvalue weighted by atomic mass is 32.1. The quantitative estimate of drug-likeness (QED) is 0.940. The first-order valence-corrected chi connectivity index (χ1v) is 7.29. The zero-order chi connectivity index (χ0) is 14.9. The molecule has 1 unspecified atom stereocenters. The fourth-order valence-corrected chi connectivity index (χ4v) is 3.44. The van der Waals surface area contributed by atoms with Crippen molar-refractivity contribution in [1.82, 2.24) is 4.90 Å². The molecule has 0 aliphatic rings. The van der Waals surface area contributed by atoms with Crippen LogP contribution in [0.15, 0.2) is 29.6 Å². The smallest absolute Gasteiger partial charge is 0.331 e. The van der Waals surface area contributed by atoms with Crippen molar-refractivity contribution in [1.29, 1.82) is 0 Å². The van der Waals surface area contributed by atoms with E-state index in [4.69, 9.17) is 0 Å². The third-order valence-corrected chi connectivity index (χ3v) is 4.22. The first kappa shape index (κ1) is 14.5. The summed E-state index contributed by atoms with van der Waals surface area (Å²) >= 11 is 1.50. The molecule has 5 heteroatoms. The Bertz CT molecular complexity index is 647. The van der Waals surface area contributed by atoms with Crippen molar-refractivity contribution in [2.75, 3.05) is 0 Å². The standard InChI is InChI=1S/C15H17NO3S/c1-9(2)16(10(3)17)14(15(18)19)12-8-20-13-7-5-4-6-11(12)13/h4-9,14H,1-3H3,(H,18,19). The third-order valence-electron chi connectivity index (χ3n) is 3.24. The number of rotatable bonds is 4. The number of hydrogen-bond acceptors (Lipinski definition) is 3. The lowest BCUT2D eigenvalue weighted by atomic mass is 10.0. The van der Waals surface area contributed by atoms with Gasteiger partial charge in [-0.2, -0.15) is 0 Å². The van der Waals surface area contributed by atoms with Crippen LogP contribution in [0.3, 0.4) is 0 Å². The molecule has 1 aromatic heterocycles. The van der Waals surface area contributed by atoms with E-state index in [9.17, 15) is 14.7 Å². The van der Waals surface area contributed by atoms with Crippen molar-refractivity contribution in [3.8, 4) is 0 Å². The molecular formula is C15H17NO3S. The van der Waals surface area contributed by atoms with E-state index in [0.29, 0.717) is 5.56 Å². The van der Waals surface area contributed by atoms with Crippen molar-refractivity contribution in [2.45, 2.75) is 32.9 Å². The SMILES string of the molecule is CC(=O)N(C(C)C)C(C(=O)O)c1csc2ccccc12. The first-order valence-electron chi connectivity index (χ1n) is 6.41. The lowest BCUT2D eigenvalue weighted by Crippen LogP contribution is -2.42. The largest absolute Gasteiger partial charge is 0.479 e. The van der Waals surface area contributed by atoms with Gasteiger partial charge in [-0.05, 0) is 30.7 Å². The second-order valence-electron chi connectivity index (χ2n) is 4.95. The summed E-state index contributed by atoms with van der Waals surface area (Å²) in [5.41, 5.74) is 0.682. The Morgan fingerprint density at radius 2 is 1.90 bits per heavy atom. The summed E-state index contributed by atoms with van der Waals surface area (Å²) in [5, 5.41) is 12.3. The Balaban J connectivity index is 2.59. The molecule has 4 nitrogen and oxygen atoms in total. The number of hydrogen-bond donors (Lipinski definition) is 1. The summed E-state index contributed by atoms with van der Waals surface area (Å²) in [5.74, 6) is -1.24. The minimum atomic E-state index is -1.00. The zero-order valence-corrected chi connectivity index (χ0v) is 12.5. The third kappa shape index (κ3) is 2.54. The molecular weight excluding hydrogens is 274 g/mol. The minimum Gasteiger partial charge on any atom is -0.479 e. The van der Waals surface area contributed by atoms with Gasteiger partial charge in [-0.3, -0.25) is 4.79 Å². The summed E-state index contributed by atoms with van der Waals surface area (Å²) in [6, 6.07) is 6.54. The molecule has 0 aliphatic carbocycles. The Labute approximate surface area is 121 Å². The topological polar surface area (TPSA) is 57.6 Å². The molecule has 0 spiro atoms. The predicted octanol–water partition coefficient (Wildman–Crippen LogP) is 3.28. The second-order valence-corrected chi connectivity index (χ2v) is 5.86. The number of carbonyl (C=O) groups is 2. The lowest BCUT2D eigenvalue weighted by Gasteiger charge is -2.31. The summed E-state index contributed by atoms with van der Waals surface area (Å²) < 4.78 is 1.03. The fraction of sp³-hybridized carbons (Fsp3) is 0.333. The minimum absolute atomic E-state index is 0.174. The number of amides is 1. The van der Waals surface area contributed by atoms with Gasteiger partial charge in [0.1, 0.15) is 0 Å². The molecule has 2 aromatic rings. The Hall–Kier alpha value is -1.88. The maximum Gasteiger partial charge on any atom is 0.331 e. The monoisotopic (exact) mass is 291 g/mol. The van der Waals surface area contributed by atoms with Gasteiger partial charge in [-0.25, -0.2) is 4.79 Å². The molecule has 0 aliphatic heterocycles. The molecule has 1 amide bonds. The van der Waals surface area contributed by atoms with E-state index in [1.54, 1.807) is 0 Å². The number of nitrogens with zero attached hydrogens (tertiary/aromatic N) is 1. The first-order chi connectivity index (χ1) is 9.43. The van der Waals surface area contributed by atoms with Crippen LogP contribution in [0.25, 0.3) is 10.1 Å². The van der Waals surface area contributed by atoms with Crippen LogP contribution in [0.1, 0.15) is 32.4 Å². The van der Waals surface area contributed by atoms with Crippen LogP contribution in [0.4, 0.5) is 0 Å². The van der Waals surface area contributed by atoms with E-state index in [-0.39, 0.29) is 11.9 Å². The number of carboxylic acids is 1. The Kier molecular flexibility index (Phi) is 4.09. The molecule has 1 atom stereocenters. The van der Waals surface area contributed by atoms with Crippen LogP contribution in [0, 0.1) is 0 Å². The van der Waals surface area contributed by atoms with E-state index >= 15 is 0 Å². The summed E-state index contributed by atoms with van der Waals surface area (Å²) in [4.78, 5) is 24.9. The van der Waals surface area contributed by atoms with Gasteiger partial charge >= 0.3 is 5.97 Å². The normalized spacial score (nSPS) is 12.6. The molecule has 106 valence electrons. The summed E-state index contributed by atoms with van der Waals surface area (Å²) in [6.07, 6.45) is 0. The molecule has 20 heavy (non-hydrogen) atoms. The van der Waals surface area contributed by atoms with Crippen molar-refractivity contribution < 1.29 is 14.7 Å². The van der Waals surface area contributed by atoms with E-state index in [1.807, 2.05) is 43.5 Å². The van der Waals surface area contributed by atoms with Crippen LogP contribution in [-0.2, 0) is 9.59 Å². The second kappa shape index (κ2) is 5.63. The van der Waals surface area contributed by atoms with Crippen LogP contribution >= 0.6 is 11.3 Å². The highest BCUT2D eigenvalue weighted by molar-refractivity contribution is 7.17. The number of fused-ring (bicyclic) bond motifs is 1. The van der Waals surface area contributed by atoms with Gasteiger partial charge in [0.15, 0.2) is 6.04 Å². The highest BCUT2D eigenvalue weighted by Crippen LogP contribution is 2.34. The molecule has 0 saturated carbocycles. The molecule has 2 rings (SSSR count). The number of carboxylic acid groups (broad SMARTS) is 1. The van der Waals surface area contributed by atoms with E-state index in [1.165, 1.54) is 23.2 Å². The van der Waals surface area contributed by atoms with E-state index < -0.39 is 12.0 Å². The van der Waals surface area contributed by atoms with E-state index in [2.05, 4.69) is 0 Å².